The standard InChI is InChI=1S/C24H32N6O2S/c1-24(2,3)33(31,32)27-21-13-9-18(10-14-21)17-25-20-15-11-19(12-16-20)23-26-28-29-30(23)22-7-5-4-6-8-22/h4-8,11-12,15-16,18,21,25,27H,9-10,13-14,17H2,1-3H3. The van der Waals surface area contributed by atoms with Gasteiger partial charge in [0.25, 0.3) is 0 Å². The molecule has 0 aliphatic heterocycles. The first kappa shape index (κ1) is 23.4. The lowest BCUT2D eigenvalue weighted by Crippen LogP contribution is -2.46. The molecule has 0 bridgehead atoms. The number of nitrogens with one attached hydrogen (secondary N) is 2. The van der Waals surface area contributed by atoms with Gasteiger partial charge in [0.15, 0.2) is 5.82 Å². The number of tetrazole rings is 1. The van der Waals surface area contributed by atoms with Crippen LogP contribution in [0, 0.1) is 5.92 Å². The maximum atomic E-state index is 12.4. The zero-order chi connectivity index (χ0) is 23.5. The van der Waals surface area contributed by atoms with Gasteiger partial charge in [0.2, 0.25) is 10.0 Å². The third-order valence-electron chi connectivity index (χ3n) is 6.18. The van der Waals surface area contributed by atoms with Gasteiger partial charge in [0.1, 0.15) is 0 Å². The number of benzene rings is 2. The van der Waals surface area contributed by atoms with Crippen molar-refractivity contribution in [3.8, 4) is 17.1 Å². The highest BCUT2D eigenvalue weighted by molar-refractivity contribution is 7.90. The number of aromatic nitrogens is 4. The van der Waals surface area contributed by atoms with Gasteiger partial charge < -0.3 is 5.32 Å². The van der Waals surface area contributed by atoms with Crippen LogP contribution in [0.3, 0.4) is 0 Å². The van der Waals surface area contributed by atoms with Gasteiger partial charge >= 0.3 is 0 Å². The minimum absolute atomic E-state index is 0.0420. The fourth-order valence-electron chi connectivity index (χ4n) is 3.99. The molecule has 2 N–H and O–H groups in total. The summed E-state index contributed by atoms with van der Waals surface area (Å²) in [6, 6.07) is 18.0. The quantitative estimate of drug-likeness (QED) is 0.543. The number of hydrogen-bond donors (Lipinski definition) is 2. The van der Waals surface area contributed by atoms with E-state index in [1.54, 1.807) is 25.5 Å². The summed E-state index contributed by atoms with van der Waals surface area (Å²) >= 11 is 0. The Balaban J connectivity index is 1.30. The third kappa shape index (κ3) is 5.59. The summed E-state index contributed by atoms with van der Waals surface area (Å²) in [5.74, 6) is 1.23. The summed E-state index contributed by atoms with van der Waals surface area (Å²) < 4.78 is 28.6. The Morgan fingerprint density at radius 1 is 0.970 bits per heavy atom. The van der Waals surface area contributed by atoms with Gasteiger partial charge in [-0.15, -0.1) is 5.10 Å². The Labute approximate surface area is 195 Å². The molecule has 33 heavy (non-hydrogen) atoms. The SMILES string of the molecule is CC(C)(C)S(=O)(=O)NC1CCC(CNc2ccc(-c3nnnn3-c3ccccc3)cc2)CC1. The van der Waals surface area contributed by atoms with Crippen LogP contribution < -0.4 is 10.0 Å². The van der Waals surface area contributed by atoms with Crippen LogP contribution in [-0.4, -0.2) is 46.0 Å². The van der Waals surface area contributed by atoms with Crippen LogP contribution in [0.15, 0.2) is 54.6 Å². The third-order valence-corrected chi connectivity index (χ3v) is 8.44. The van der Waals surface area contributed by atoms with Crippen molar-refractivity contribution in [3.05, 3.63) is 54.6 Å². The average Bonchev–Trinajstić information content (AvgIpc) is 3.29. The predicted octanol–water partition coefficient (Wildman–Crippen LogP) is 4.02. The molecule has 0 saturated heterocycles. The Morgan fingerprint density at radius 2 is 1.64 bits per heavy atom. The summed E-state index contributed by atoms with van der Waals surface area (Å²) in [5, 5.41) is 15.7. The number of anilines is 1. The molecule has 1 fully saturated rings. The molecule has 1 heterocycles. The lowest BCUT2D eigenvalue weighted by atomic mass is 9.86. The smallest absolute Gasteiger partial charge is 0.216 e. The van der Waals surface area contributed by atoms with Gasteiger partial charge in [-0.1, -0.05) is 18.2 Å². The van der Waals surface area contributed by atoms with Crippen molar-refractivity contribution in [1.29, 1.82) is 0 Å². The summed E-state index contributed by atoms with van der Waals surface area (Å²) in [7, 11) is -3.30. The Hall–Kier alpha value is -2.78. The highest BCUT2D eigenvalue weighted by atomic mass is 32.2. The highest BCUT2D eigenvalue weighted by Crippen LogP contribution is 2.27. The van der Waals surface area contributed by atoms with Crippen LogP contribution in [-0.2, 0) is 10.0 Å². The van der Waals surface area contributed by atoms with E-state index in [1.807, 2.05) is 54.6 Å². The summed E-state index contributed by atoms with van der Waals surface area (Å²) in [6.07, 6.45) is 3.77. The molecule has 176 valence electrons. The summed E-state index contributed by atoms with van der Waals surface area (Å²) in [4.78, 5) is 0. The van der Waals surface area contributed by atoms with Crippen molar-refractivity contribution in [2.75, 3.05) is 11.9 Å². The second-order valence-corrected chi connectivity index (χ2v) is 12.1. The lowest BCUT2D eigenvalue weighted by molar-refractivity contribution is 0.322. The summed E-state index contributed by atoms with van der Waals surface area (Å²) in [5.41, 5.74) is 2.91. The van der Waals surface area contributed by atoms with E-state index in [0.717, 1.165) is 49.2 Å². The van der Waals surface area contributed by atoms with E-state index in [2.05, 4.69) is 25.6 Å². The van der Waals surface area contributed by atoms with Crippen molar-refractivity contribution >= 4 is 15.7 Å². The molecule has 1 aliphatic carbocycles. The first-order valence-electron chi connectivity index (χ1n) is 11.4. The maximum absolute atomic E-state index is 12.4. The van der Waals surface area contributed by atoms with E-state index in [0.29, 0.717) is 11.7 Å². The molecular formula is C24H32N6O2S. The Kier molecular flexibility index (Phi) is 6.81. The topological polar surface area (TPSA) is 102 Å². The van der Waals surface area contributed by atoms with Gasteiger partial charge in [0, 0.05) is 23.8 Å². The zero-order valence-corrected chi connectivity index (χ0v) is 20.2. The van der Waals surface area contributed by atoms with Crippen molar-refractivity contribution in [3.63, 3.8) is 0 Å². The van der Waals surface area contributed by atoms with Crippen molar-refractivity contribution < 1.29 is 8.42 Å². The number of hydrogen-bond acceptors (Lipinski definition) is 6. The molecule has 3 aromatic rings. The van der Waals surface area contributed by atoms with E-state index in [4.69, 9.17) is 0 Å². The van der Waals surface area contributed by atoms with Crippen LogP contribution in [0.2, 0.25) is 0 Å². The fourth-order valence-corrected chi connectivity index (χ4v) is 5.02. The molecule has 0 unspecified atom stereocenters. The maximum Gasteiger partial charge on any atom is 0.216 e. The molecule has 4 rings (SSSR count). The van der Waals surface area contributed by atoms with Crippen LogP contribution in [0.25, 0.3) is 17.1 Å². The second-order valence-electron chi connectivity index (χ2n) is 9.66. The van der Waals surface area contributed by atoms with E-state index >= 15 is 0 Å². The highest BCUT2D eigenvalue weighted by Gasteiger charge is 2.32. The minimum atomic E-state index is -3.30. The van der Waals surface area contributed by atoms with Crippen LogP contribution in [0.5, 0.6) is 0 Å². The minimum Gasteiger partial charge on any atom is -0.385 e. The first-order chi connectivity index (χ1) is 15.7. The molecule has 0 radical (unpaired) electrons. The van der Waals surface area contributed by atoms with Crippen molar-refractivity contribution in [2.45, 2.75) is 57.2 Å². The molecule has 8 nitrogen and oxygen atoms in total. The van der Waals surface area contributed by atoms with E-state index in [1.165, 1.54) is 0 Å². The van der Waals surface area contributed by atoms with E-state index < -0.39 is 14.8 Å². The van der Waals surface area contributed by atoms with Gasteiger partial charge in [-0.25, -0.2) is 13.1 Å². The van der Waals surface area contributed by atoms with Crippen molar-refractivity contribution in [1.82, 2.24) is 24.9 Å². The van der Waals surface area contributed by atoms with E-state index in [9.17, 15) is 8.42 Å². The Morgan fingerprint density at radius 3 is 2.27 bits per heavy atom. The molecule has 1 aliphatic rings. The van der Waals surface area contributed by atoms with Crippen LogP contribution in [0.1, 0.15) is 46.5 Å². The second kappa shape index (κ2) is 9.61. The average molecular weight is 469 g/mol. The Bertz CT molecular complexity index is 1150. The molecule has 0 atom stereocenters. The van der Waals surface area contributed by atoms with Crippen LogP contribution >= 0.6 is 0 Å². The monoisotopic (exact) mass is 468 g/mol. The molecule has 9 heteroatoms. The molecule has 0 amide bonds. The molecular weight excluding hydrogens is 436 g/mol. The largest absolute Gasteiger partial charge is 0.385 e. The van der Waals surface area contributed by atoms with Gasteiger partial charge in [-0.3, -0.25) is 0 Å². The van der Waals surface area contributed by atoms with Gasteiger partial charge in [0.05, 0.1) is 10.4 Å². The van der Waals surface area contributed by atoms with Crippen LogP contribution in [0.4, 0.5) is 5.69 Å². The number of rotatable bonds is 7. The molecule has 1 aromatic heterocycles. The predicted molar refractivity (Wildman–Crippen MR) is 131 cm³/mol. The first-order valence-corrected chi connectivity index (χ1v) is 12.9. The molecule has 0 spiro atoms. The van der Waals surface area contributed by atoms with Gasteiger partial charge in [-0.05, 0) is 99.2 Å². The lowest BCUT2D eigenvalue weighted by Gasteiger charge is -2.31. The van der Waals surface area contributed by atoms with Gasteiger partial charge in [-0.2, -0.15) is 4.68 Å². The summed E-state index contributed by atoms with van der Waals surface area (Å²) in [6.45, 7) is 6.08. The number of para-hydroxylation sites is 1. The normalized spacial score (nSPS) is 19.4. The number of nitrogens with zero attached hydrogens (tertiary/aromatic N) is 4. The molecule has 1 saturated carbocycles. The van der Waals surface area contributed by atoms with E-state index in [-0.39, 0.29) is 6.04 Å². The molecule has 2 aromatic carbocycles. The fraction of sp³-hybridized carbons (Fsp3) is 0.458. The zero-order valence-electron chi connectivity index (χ0n) is 19.4. The van der Waals surface area contributed by atoms with Crippen molar-refractivity contribution in [2.24, 2.45) is 5.92 Å². The number of sulfonamides is 1.